The number of hydrogen-bond donors (Lipinski definition) is 0. The second kappa shape index (κ2) is 11.1. The summed E-state index contributed by atoms with van der Waals surface area (Å²) in [5.41, 5.74) is 1.09. The highest BCUT2D eigenvalue weighted by molar-refractivity contribution is 6.74. The third-order valence-corrected chi connectivity index (χ3v) is 11.1. The first-order valence-corrected chi connectivity index (χ1v) is 15.4. The maximum absolute atomic E-state index is 12.7. The van der Waals surface area contributed by atoms with E-state index in [0.717, 1.165) is 11.3 Å². The minimum Gasteiger partial charge on any atom is -0.547 e. The standard InChI is InChI=1S/C27H42O7Si/c1-9-30-25(28)22-16-20(34-35(7,8)26(2,3)4)15-21(31-22)24-23(32-27(5,6)33-24)18-29-17-19-13-11-10-12-14-19/h10-15,21-24H,9,16-18H2,1-8H3/t21-,22+,23-,24-/m0/s1. The molecule has 0 aliphatic carbocycles. The van der Waals surface area contributed by atoms with Gasteiger partial charge >= 0.3 is 5.97 Å². The van der Waals surface area contributed by atoms with Crippen molar-refractivity contribution in [1.82, 2.24) is 0 Å². The number of esters is 1. The van der Waals surface area contributed by atoms with E-state index in [9.17, 15) is 4.79 Å². The Morgan fingerprint density at radius 3 is 2.46 bits per heavy atom. The van der Waals surface area contributed by atoms with Gasteiger partial charge in [0.15, 0.2) is 11.9 Å². The maximum atomic E-state index is 12.7. The summed E-state index contributed by atoms with van der Waals surface area (Å²) >= 11 is 0. The summed E-state index contributed by atoms with van der Waals surface area (Å²) in [6.07, 6.45) is 0.165. The average Bonchev–Trinajstić information content (AvgIpc) is 3.08. The van der Waals surface area contributed by atoms with E-state index in [1.54, 1.807) is 6.92 Å². The highest BCUT2D eigenvalue weighted by atomic mass is 28.4. The van der Waals surface area contributed by atoms with E-state index in [1.807, 2.05) is 50.3 Å². The molecule has 2 heterocycles. The average molecular weight is 507 g/mol. The van der Waals surface area contributed by atoms with E-state index in [0.29, 0.717) is 19.6 Å². The minimum atomic E-state index is -2.12. The van der Waals surface area contributed by atoms with E-state index in [-0.39, 0.29) is 17.7 Å². The Morgan fingerprint density at radius 2 is 1.83 bits per heavy atom. The zero-order valence-corrected chi connectivity index (χ0v) is 23.5. The molecule has 35 heavy (non-hydrogen) atoms. The smallest absolute Gasteiger partial charge is 0.335 e. The Bertz CT molecular complexity index is 875. The van der Waals surface area contributed by atoms with Crippen molar-refractivity contribution in [2.24, 2.45) is 0 Å². The Morgan fingerprint density at radius 1 is 1.14 bits per heavy atom. The molecule has 1 aromatic carbocycles. The summed E-state index contributed by atoms with van der Waals surface area (Å²) in [6.45, 7) is 17.6. The molecule has 2 aliphatic rings. The lowest BCUT2D eigenvalue weighted by molar-refractivity contribution is -0.174. The van der Waals surface area contributed by atoms with E-state index in [2.05, 4.69) is 33.9 Å². The zero-order chi connectivity index (χ0) is 25.9. The van der Waals surface area contributed by atoms with Crippen molar-refractivity contribution in [3.05, 3.63) is 47.7 Å². The molecule has 3 rings (SSSR count). The molecule has 8 heteroatoms. The van der Waals surface area contributed by atoms with Gasteiger partial charge in [-0.15, -0.1) is 0 Å². The van der Waals surface area contributed by atoms with Crippen LogP contribution < -0.4 is 0 Å². The van der Waals surface area contributed by atoms with Crippen molar-refractivity contribution in [3.8, 4) is 0 Å². The molecule has 1 aromatic rings. The predicted octanol–water partition coefficient (Wildman–Crippen LogP) is 5.35. The van der Waals surface area contributed by atoms with Crippen molar-refractivity contribution in [1.29, 1.82) is 0 Å². The van der Waals surface area contributed by atoms with Crippen molar-refractivity contribution in [2.75, 3.05) is 13.2 Å². The monoisotopic (exact) mass is 506 g/mol. The molecule has 0 N–H and O–H groups in total. The van der Waals surface area contributed by atoms with Gasteiger partial charge in [0.05, 0.1) is 25.6 Å². The highest BCUT2D eigenvalue weighted by Gasteiger charge is 2.48. The van der Waals surface area contributed by atoms with Crippen LogP contribution in [0, 0.1) is 0 Å². The molecule has 1 saturated heterocycles. The summed E-state index contributed by atoms with van der Waals surface area (Å²) in [7, 11) is -2.12. The Balaban J connectivity index is 1.80. The van der Waals surface area contributed by atoms with Gasteiger partial charge in [0.1, 0.15) is 18.3 Å². The number of carbonyl (C=O) groups is 1. The van der Waals surface area contributed by atoms with Gasteiger partial charge in [0, 0.05) is 6.42 Å². The molecule has 2 aliphatic heterocycles. The number of ether oxygens (including phenoxy) is 5. The molecule has 0 saturated carbocycles. The van der Waals surface area contributed by atoms with Crippen LogP contribution in [0.15, 0.2) is 42.2 Å². The number of carbonyl (C=O) groups excluding carboxylic acids is 1. The summed E-state index contributed by atoms with van der Waals surface area (Å²) in [4.78, 5) is 12.7. The van der Waals surface area contributed by atoms with Crippen molar-refractivity contribution >= 4 is 14.3 Å². The van der Waals surface area contributed by atoms with Crippen LogP contribution in [-0.4, -0.2) is 57.7 Å². The van der Waals surface area contributed by atoms with Gasteiger partial charge in [-0.1, -0.05) is 51.1 Å². The topological polar surface area (TPSA) is 72.5 Å². The van der Waals surface area contributed by atoms with Crippen molar-refractivity contribution in [2.45, 2.75) is 103 Å². The molecule has 0 spiro atoms. The number of hydrogen-bond acceptors (Lipinski definition) is 7. The zero-order valence-electron chi connectivity index (χ0n) is 22.5. The van der Waals surface area contributed by atoms with Crippen LogP contribution in [0.3, 0.4) is 0 Å². The molecule has 7 nitrogen and oxygen atoms in total. The number of benzene rings is 1. The fourth-order valence-electron chi connectivity index (χ4n) is 3.95. The van der Waals surface area contributed by atoms with Crippen LogP contribution in [0.25, 0.3) is 0 Å². The van der Waals surface area contributed by atoms with E-state index < -0.39 is 38.4 Å². The lowest BCUT2D eigenvalue weighted by atomic mass is 10.0. The molecule has 0 bridgehead atoms. The summed E-state index contributed by atoms with van der Waals surface area (Å²) in [6, 6.07) is 10.00. The first kappa shape index (κ1) is 27.9. The van der Waals surface area contributed by atoms with Gasteiger partial charge in [-0.25, -0.2) is 4.79 Å². The largest absolute Gasteiger partial charge is 0.547 e. The van der Waals surface area contributed by atoms with Crippen LogP contribution in [0.2, 0.25) is 18.1 Å². The van der Waals surface area contributed by atoms with Gasteiger partial charge in [-0.2, -0.15) is 0 Å². The van der Waals surface area contributed by atoms with Crippen LogP contribution in [0.4, 0.5) is 0 Å². The Kier molecular flexibility index (Phi) is 8.86. The first-order chi connectivity index (χ1) is 16.3. The lowest BCUT2D eigenvalue weighted by Gasteiger charge is -2.40. The molecule has 0 aromatic heterocycles. The molecule has 196 valence electrons. The van der Waals surface area contributed by atoms with Crippen molar-refractivity contribution < 1.29 is 32.9 Å². The molecule has 0 amide bonds. The summed E-state index contributed by atoms with van der Waals surface area (Å²) < 4.78 is 36.6. The second-order valence-electron chi connectivity index (χ2n) is 11.2. The van der Waals surface area contributed by atoms with Crippen LogP contribution in [0.5, 0.6) is 0 Å². The minimum absolute atomic E-state index is 0.0177. The maximum Gasteiger partial charge on any atom is 0.335 e. The summed E-state index contributed by atoms with van der Waals surface area (Å²) in [5.74, 6) is -0.444. The van der Waals surface area contributed by atoms with Crippen LogP contribution in [-0.2, 0) is 39.5 Å². The van der Waals surface area contributed by atoms with Crippen molar-refractivity contribution in [3.63, 3.8) is 0 Å². The predicted molar refractivity (Wildman–Crippen MR) is 136 cm³/mol. The highest BCUT2D eigenvalue weighted by Crippen LogP contribution is 2.40. The van der Waals surface area contributed by atoms with Crippen LogP contribution >= 0.6 is 0 Å². The van der Waals surface area contributed by atoms with E-state index in [4.69, 9.17) is 28.1 Å². The van der Waals surface area contributed by atoms with E-state index in [1.165, 1.54) is 0 Å². The van der Waals surface area contributed by atoms with Gasteiger partial charge in [-0.05, 0) is 50.5 Å². The number of rotatable bonds is 9. The fourth-order valence-corrected chi connectivity index (χ4v) is 5.06. The summed E-state index contributed by atoms with van der Waals surface area (Å²) in [5, 5.41) is 0.0177. The third kappa shape index (κ3) is 7.39. The Labute approximate surface area is 211 Å². The lowest BCUT2D eigenvalue weighted by Crippen LogP contribution is -2.47. The van der Waals surface area contributed by atoms with Gasteiger partial charge in [0.2, 0.25) is 8.32 Å². The van der Waals surface area contributed by atoms with Gasteiger partial charge in [-0.3, -0.25) is 0 Å². The molecular weight excluding hydrogens is 464 g/mol. The molecule has 0 radical (unpaired) electrons. The molecule has 4 atom stereocenters. The SMILES string of the molecule is CCOC(=O)[C@H]1CC(O[Si](C)(C)C(C)(C)C)=C[C@@H]([C@@H]2OC(C)(C)O[C@H]2COCc2ccccc2)O1. The first-order valence-electron chi connectivity index (χ1n) is 12.5. The van der Waals surface area contributed by atoms with E-state index >= 15 is 0 Å². The Hall–Kier alpha value is -1.71. The third-order valence-electron chi connectivity index (χ3n) is 6.74. The van der Waals surface area contributed by atoms with Gasteiger partial charge < -0.3 is 28.1 Å². The molecule has 1 fully saturated rings. The molecular formula is C27H42O7Si. The fraction of sp³-hybridized carbons (Fsp3) is 0.667. The van der Waals surface area contributed by atoms with Crippen LogP contribution in [0.1, 0.15) is 53.5 Å². The quantitative estimate of drug-likeness (QED) is 0.330. The van der Waals surface area contributed by atoms with Gasteiger partial charge in [0.25, 0.3) is 0 Å². The second-order valence-corrected chi connectivity index (χ2v) is 15.9. The normalized spacial score (nSPS) is 26.8. The molecule has 0 unspecified atom stereocenters.